The van der Waals surface area contributed by atoms with Crippen LogP contribution in [0.4, 0.5) is 4.39 Å². The summed E-state index contributed by atoms with van der Waals surface area (Å²) in [6.45, 7) is 32.8. The maximum Gasteiger partial charge on any atom is 0.145 e. The van der Waals surface area contributed by atoms with Crippen molar-refractivity contribution in [3.05, 3.63) is 76.5 Å². The van der Waals surface area contributed by atoms with E-state index in [1.165, 1.54) is 26.0 Å². The van der Waals surface area contributed by atoms with E-state index < -0.39 is 5.41 Å². The van der Waals surface area contributed by atoms with E-state index in [0.29, 0.717) is 0 Å². The van der Waals surface area contributed by atoms with Gasteiger partial charge in [0.05, 0.1) is 5.70 Å². The van der Waals surface area contributed by atoms with Crippen LogP contribution >= 0.6 is 0 Å². The Kier molecular flexibility index (Phi) is 18.3. The first-order valence-corrected chi connectivity index (χ1v) is 16.2. The minimum absolute atomic E-state index is 0.0265. The zero-order chi connectivity index (χ0) is 33.5. The predicted octanol–water partition coefficient (Wildman–Crippen LogP) is 11.7. The third kappa shape index (κ3) is 14.5. The molecule has 0 aliphatic heterocycles. The van der Waals surface area contributed by atoms with Gasteiger partial charge in [-0.3, -0.25) is 9.79 Å². The van der Waals surface area contributed by atoms with E-state index in [0.717, 1.165) is 69.8 Å². The quantitative estimate of drug-likeness (QED) is 0.204. The highest BCUT2D eigenvalue weighted by Crippen LogP contribution is 2.33. The van der Waals surface area contributed by atoms with E-state index >= 15 is 0 Å². The minimum Gasteiger partial charge on any atom is -0.363 e. The first kappa shape index (κ1) is 40.2. The fourth-order valence-corrected chi connectivity index (χ4v) is 4.99. The summed E-state index contributed by atoms with van der Waals surface area (Å²) in [5.74, 6) is 2.91. The molecular weight excluding hydrogens is 531 g/mol. The number of aliphatic imine (C=N–C) groups is 1. The molecule has 1 aromatic carbocycles. The number of allylic oxidation sites excluding steroid dienone is 5. The van der Waals surface area contributed by atoms with Gasteiger partial charge in [0.15, 0.2) is 0 Å². The van der Waals surface area contributed by atoms with Crippen LogP contribution in [0.1, 0.15) is 132 Å². The van der Waals surface area contributed by atoms with Crippen LogP contribution in [0.15, 0.2) is 64.8 Å². The third-order valence-electron chi connectivity index (χ3n) is 7.71. The molecule has 1 aliphatic carbocycles. The Bertz CT molecular complexity index is 1150. The number of Topliss-reactive ketones (excluding diaryl/α,β-unsaturated/α-hetero) is 1. The van der Waals surface area contributed by atoms with Crippen molar-refractivity contribution in [3.63, 3.8) is 0 Å². The number of benzene rings is 1. The summed E-state index contributed by atoms with van der Waals surface area (Å²) < 4.78 is 13.1. The Morgan fingerprint density at radius 3 is 2.02 bits per heavy atom. The van der Waals surface area contributed by atoms with Crippen LogP contribution in [0.3, 0.4) is 0 Å². The number of carbonyl (C=O) groups is 1. The molecule has 0 bridgehead atoms. The van der Waals surface area contributed by atoms with Crippen LogP contribution < -0.4 is 5.32 Å². The van der Waals surface area contributed by atoms with Crippen LogP contribution in [0.5, 0.6) is 0 Å². The topological polar surface area (TPSA) is 41.5 Å². The molecule has 1 aromatic rings. The van der Waals surface area contributed by atoms with Crippen LogP contribution in [0.25, 0.3) is 5.57 Å². The van der Waals surface area contributed by atoms with Crippen LogP contribution in [-0.4, -0.2) is 12.0 Å². The molecule has 0 saturated heterocycles. The molecule has 0 spiro atoms. The van der Waals surface area contributed by atoms with Gasteiger partial charge >= 0.3 is 0 Å². The molecule has 1 fully saturated rings. The van der Waals surface area contributed by atoms with Gasteiger partial charge in [-0.2, -0.15) is 0 Å². The molecule has 242 valence electrons. The molecule has 1 unspecified atom stereocenters. The molecule has 0 radical (unpaired) electrons. The predicted molar refractivity (Wildman–Crippen MR) is 189 cm³/mol. The highest BCUT2D eigenvalue weighted by molar-refractivity contribution is 5.91. The third-order valence-corrected chi connectivity index (χ3v) is 7.71. The lowest BCUT2D eigenvalue weighted by molar-refractivity contribution is -0.127. The summed E-state index contributed by atoms with van der Waals surface area (Å²) in [6, 6.07) is 6.15. The second-order valence-corrected chi connectivity index (χ2v) is 13.6. The molecule has 1 saturated carbocycles. The summed E-state index contributed by atoms with van der Waals surface area (Å²) in [5.41, 5.74) is 5.86. The van der Waals surface area contributed by atoms with Crippen molar-refractivity contribution in [2.75, 3.05) is 0 Å². The maximum absolute atomic E-state index is 13.1. The number of halogens is 1. The summed E-state index contributed by atoms with van der Waals surface area (Å²) in [6.07, 6.45) is 9.72. The van der Waals surface area contributed by atoms with Crippen molar-refractivity contribution in [1.29, 1.82) is 0 Å². The highest BCUT2D eigenvalue weighted by Gasteiger charge is 2.33. The summed E-state index contributed by atoms with van der Waals surface area (Å²) in [4.78, 5) is 17.6. The van der Waals surface area contributed by atoms with Gasteiger partial charge in [0.1, 0.15) is 11.6 Å². The number of hydrogen-bond donors (Lipinski definition) is 1. The fourth-order valence-electron chi connectivity index (χ4n) is 4.99. The lowest BCUT2D eigenvalue weighted by Gasteiger charge is -2.28. The second-order valence-electron chi connectivity index (χ2n) is 13.6. The van der Waals surface area contributed by atoms with Gasteiger partial charge in [0.2, 0.25) is 0 Å². The van der Waals surface area contributed by atoms with E-state index in [1.807, 2.05) is 79.8 Å². The lowest BCUT2D eigenvalue weighted by Crippen LogP contribution is -2.34. The number of hydrogen-bond acceptors (Lipinski definition) is 3. The van der Waals surface area contributed by atoms with Crippen molar-refractivity contribution >= 4 is 17.6 Å². The first-order chi connectivity index (χ1) is 19.9. The van der Waals surface area contributed by atoms with Crippen molar-refractivity contribution in [1.82, 2.24) is 5.32 Å². The normalized spacial score (nSPS) is 18.5. The molecule has 0 heterocycles. The van der Waals surface area contributed by atoms with Crippen molar-refractivity contribution in [2.45, 2.75) is 128 Å². The Morgan fingerprint density at radius 2 is 1.63 bits per heavy atom. The molecule has 43 heavy (non-hydrogen) atoms. The first-order valence-electron chi connectivity index (χ1n) is 16.2. The largest absolute Gasteiger partial charge is 0.363 e. The smallest absolute Gasteiger partial charge is 0.145 e. The fraction of sp³-hybridized carbons (Fsp3) is 0.590. The number of rotatable bonds is 11. The van der Waals surface area contributed by atoms with Gasteiger partial charge < -0.3 is 5.32 Å². The molecule has 4 heteroatoms. The van der Waals surface area contributed by atoms with E-state index in [9.17, 15) is 9.18 Å². The summed E-state index contributed by atoms with van der Waals surface area (Å²) >= 11 is 0. The van der Waals surface area contributed by atoms with E-state index in [1.54, 1.807) is 0 Å². The molecule has 0 aromatic heterocycles. The maximum atomic E-state index is 13.1. The van der Waals surface area contributed by atoms with E-state index in [2.05, 4.69) is 57.6 Å². The lowest BCUT2D eigenvalue weighted by atomic mass is 9.73. The standard InChI is InChI=1S/C29H41FN2O.C6H12.C4H10/c1-11-15-31-27(23(7)24(8)32-18-22(6)30)17-20(4)25-13-14-26(21(5)16-25)29(9,10)28(33)19(3)12-2;1-5-3-6(2)4-5;1-4(2)3/h13-19,32H,4,11-12H2,1-3,5-10H3;5-6H,3-4H2,1-2H3;4H,1-3H3/b22-18-,24-23+,27-17+,31-15?;;. The summed E-state index contributed by atoms with van der Waals surface area (Å²) in [5, 5.41) is 2.98. The Labute approximate surface area is 264 Å². The number of aryl methyl sites for hydroxylation is 1. The molecule has 1 atom stereocenters. The van der Waals surface area contributed by atoms with Gasteiger partial charge in [-0.1, -0.05) is 80.2 Å². The van der Waals surface area contributed by atoms with Gasteiger partial charge in [0.25, 0.3) is 0 Å². The minimum atomic E-state index is -0.546. The molecule has 0 amide bonds. The Morgan fingerprint density at radius 1 is 1.09 bits per heavy atom. The van der Waals surface area contributed by atoms with Gasteiger partial charge in [-0.05, 0) is 119 Å². The van der Waals surface area contributed by atoms with Crippen molar-refractivity contribution < 1.29 is 9.18 Å². The average molecular weight is 595 g/mol. The average Bonchev–Trinajstić information content (AvgIpc) is 2.91. The van der Waals surface area contributed by atoms with Crippen LogP contribution in [0.2, 0.25) is 0 Å². The zero-order valence-corrected chi connectivity index (χ0v) is 30.0. The molecule has 2 rings (SSSR count). The number of carbonyl (C=O) groups excluding carboxylic acids is 1. The molecule has 1 aliphatic rings. The monoisotopic (exact) mass is 594 g/mol. The molecule has 1 N–H and O–H groups in total. The van der Waals surface area contributed by atoms with E-state index in [4.69, 9.17) is 0 Å². The second kappa shape index (κ2) is 19.5. The highest BCUT2D eigenvalue weighted by atomic mass is 19.1. The SMILES string of the molecule is C=C(/C=C(N=CCC)\C(C)=C(/C)N/C=C(/C)F)c1ccc(C(C)(C)C(=O)C(C)CC)c(C)c1.CC(C)C.CC1CC(C)C1. The van der Waals surface area contributed by atoms with Crippen molar-refractivity contribution in [3.8, 4) is 0 Å². The van der Waals surface area contributed by atoms with Crippen LogP contribution in [-0.2, 0) is 10.2 Å². The van der Waals surface area contributed by atoms with Crippen LogP contribution in [0, 0.1) is 30.6 Å². The Hall–Kier alpha value is -2.75. The zero-order valence-electron chi connectivity index (χ0n) is 30.0. The summed E-state index contributed by atoms with van der Waals surface area (Å²) in [7, 11) is 0. The van der Waals surface area contributed by atoms with Gasteiger partial charge in [-0.25, -0.2) is 4.39 Å². The van der Waals surface area contributed by atoms with Crippen molar-refractivity contribution in [2.24, 2.45) is 28.7 Å². The number of nitrogens with zero attached hydrogens (tertiary/aromatic N) is 1. The molecule has 3 nitrogen and oxygen atoms in total. The number of ketones is 1. The molecular formula is C39H63FN2O. The van der Waals surface area contributed by atoms with Gasteiger partial charge in [0, 0.05) is 29.4 Å². The van der Waals surface area contributed by atoms with Gasteiger partial charge in [-0.15, -0.1) is 0 Å². The van der Waals surface area contributed by atoms with E-state index in [-0.39, 0.29) is 17.5 Å². The Balaban J connectivity index is 0.00000149. The number of nitrogens with one attached hydrogen (secondary N) is 1.